The average Bonchev–Trinajstić information content (AvgIpc) is 3.71. The minimum atomic E-state index is -4.55. The minimum absolute atomic E-state index is 0.287. The van der Waals surface area contributed by atoms with Gasteiger partial charge < -0.3 is 15.2 Å². The van der Waals surface area contributed by atoms with Crippen LogP contribution in [0.2, 0.25) is 0 Å². The highest BCUT2D eigenvalue weighted by Crippen LogP contribution is 2.51. The number of aromatic nitrogens is 2. The number of hydrogen-bond donors (Lipinski definition) is 2. The Labute approximate surface area is 313 Å². The Morgan fingerprint density at radius 1 is 0.727 bits per heavy atom. The molecule has 1 aliphatic rings. The number of imidazole rings is 1. The van der Waals surface area contributed by atoms with E-state index in [1.807, 2.05) is 60.0 Å². The fourth-order valence-electron chi connectivity index (χ4n) is 7.65. The number of alkyl halides is 6. The van der Waals surface area contributed by atoms with E-state index in [0.29, 0.717) is 65.7 Å². The Bertz CT molecular complexity index is 2330. The van der Waals surface area contributed by atoms with Crippen LogP contribution in [0.3, 0.4) is 0 Å². The quantitative estimate of drug-likeness (QED) is 0.102. The summed E-state index contributed by atoms with van der Waals surface area (Å²) >= 11 is 0. The second-order valence-corrected chi connectivity index (χ2v) is 13.7. The summed E-state index contributed by atoms with van der Waals surface area (Å²) in [6, 6.07) is 29.9. The minimum Gasteiger partial charge on any atom is -0.346 e. The number of rotatable bonds is 11. The zero-order valence-corrected chi connectivity index (χ0v) is 29.7. The molecule has 0 saturated carbocycles. The van der Waals surface area contributed by atoms with Gasteiger partial charge in [0.1, 0.15) is 17.5 Å². The topological polar surface area (TPSA) is 76.0 Å². The Hall–Kier alpha value is -5.91. The van der Waals surface area contributed by atoms with Crippen LogP contribution in [0.4, 0.5) is 32.0 Å². The number of nitrogens with zero attached hydrogens (tertiary/aromatic N) is 2. The van der Waals surface area contributed by atoms with Crippen LogP contribution in [0, 0.1) is 6.92 Å². The van der Waals surface area contributed by atoms with Crippen molar-refractivity contribution in [2.75, 3.05) is 11.9 Å². The van der Waals surface area contributed by atoms with Gasteiger partial charge in [-0.2, -0.15) is 26.3 Å². The lowest BCUT2D eigenvalue weighted by Gasteiger charge is -2.31. The van der Waals surface area contributed by atoms with Crippen molar-refractivity contribution in [3.63, 3.8) is 0 Å². The Balaban J connectivity index is 1.06. The molecule has 282 valence electrons. The maximum Gasteiger partial charge on any atom is 0.416 e. The van der Waals surface area contributed by atoms with Gasteiger partial charge >= 0.3 is 12.4 Å². The number of anilines is 1. The fraction of sp³-hybridized carbons (Fsp3) is 0.233. The summed E-state index contributed by atoms with van der Waals surface area (Å²) in [5, 5.41) is 5.16. The SMILES string of the molecule is Cc1ccc2c(ncn2CCCCCC2(C(=O)NCC(F)(F)F)c3ccccc3-c3ccccc32)c1NC(=O)c1ccccc1-c1ccc(C(F)(F)F)cc1. The van der Waals surface area contributed by atoms with Crippen LogP contribution in [0.5, 0.6) is 0 Å². The molecule has 1 aliphatic carbocycles. The number of halogens is 6. The number of carbonyl (C=O) groups is 2. The summed E-state index contributed by atoms with van der Waals surface area (Å²) in [5.41, 5.74) is 4.88. The molecule has 0 aliphatic heterocycles. The zero-order valence-electron chi connectivity index (χ0n) is 29.7. The van der Waals surface area contributed by atoms with E-state index < -0.39 is 41.7 Å². The number of carbonyl (C=O) groups excluding carboxylic acids is 2. The predicted molar refractivity (Wildman–Crippen MR) is 199 cm³/mol. The van der Waals surface area contributed by atoms with E-state index in [4.69, 9.17) is 0 Å². The van der Waals surface area contributed by atoms with Gasteiger partial charge in [-0.1, -0.05) is 97.8 Å². The fourth-order valence-corrected chi connectivity index (χ4v) is 7.65. The highest BCUT2D eigenvalue weighted by molar-refractivity contribution is 6.12. The van der Waals surface area contributed by atoms with Crippen LogP contribution in [-0.2, 0) is 22.9 Å². The van der Waals surface area contributed by atoms with E-state index >= 15 is 0 Å². The molecule has 0 fully saturated rings. The van der Waals surface area contributed by atoms with Gasteiger partial charge in [0.15, 0.2) is 0 Å². The average molecular weight is 755 g/mol. The second-order valence-electron chi connectivity index (χ2n) is 13.7. The van der Waals surface area contributed by atoms with Crippen LogP contribution in [0.25, 0.3) is 33.3 Å². The van der Waals surface area contributed by atoms with E-state index in [1.165, 1.54) is 12.1 Å². The highest BCUT2D eigenvalue weighted by atomic mass is 19.4. The number of fused-ring (bicyclic) bond motifs is 4. The van der Waals surface area contributed by atoms with E-state index in [0.717, 1.165) is 34.3 Å². The molecule has 2 N–H and O–H groups in total. The van der Waals surface area contributed by atoms with Gasteiger partial charge in [-0.25, -0.2) is 4.98 Å². The molecule has 0 spiro atoms. The summed E-state index contributed by atoms with van der Waals surface area (Å²) in [7, 11) is 0. The third-order valence-corrected chi connectivity index (χ3v) is 10.3. The first kappa shape index (κ1) is 37.4. The molecule has 6 nitrogen and oxygen atoms in total. The lowest BCUT2D eigenvalue weighted by atomic mass is 9.73. The predicted octanol–water partition coefficient (Wildman–Crippen LogP) is 10.5. The van der Waals surface area contributed by atoms with Crippen LogP contribution in [0.1, 0.15) is 58.3 Å². The third-order valence-electron chi connectivity index (χ3n) is 10.3. The molecule has 0 bridgehead atoms. The summed E-state index contributed by atoms with van der Waals surface area (Å²) < 4.78 is 81.2. The smallest absolute Gasteiger partial charge is 0.346 e. The molecule has 0 unspecified atom stereocenters. The van der Waals surface area contributed by atoms with Gasteiger partial charge in [-0.15, -0.1) is 0 Å². The molecule has 5 aromatic carbocycles. The molecule has 1 aromatic heterocycles. The van der Waals surface area contributed by atoms with Crippen molar-refractivity contribution in [3.8, 4) is 22.3 Å². The van der Waals surface area contributed by atoms with E-state index in [-0.39, 0.29) is 5.56 Å². The van der Waals surface area contributed by atoms with Crippen LogP contribution in [-0.4, -0.2) is 34.1 Å². The first-order valence-corrected chi connectivity index (χ1v) is 17.8. The molecule has 7 rings (SSSR count). The molecule has 0 atom stereocenters. The number of amides is 2. The van der Waals surface area contributed by atoms with Crippen molar-refractivity contribution in [1.29, 1.82) is 0 Å². The molecule has 6 aromatic rings. The first-order valence-electron chi connectivity index (χ1n) is 17.8. The number of aryl methyl sites for hydroxylation is 2. The molecule has 2 amide bonds. The molecular weight excluding hydrogens is 718 g/mol. The molecular formula is C43H36F6N4O2. The third kappa shape index (κ3) is 7.33. The second kappa shape index (κ2) is 14.7. The van der Waals surface area contributed by atoms with Crippen LogP contribution in [0.15, 0.2) is 116 Å². The van der Waals surface area contributed by atoms with Crippen molar-refractivity contribution in [1.82, 2.24) is 14.9 Å². The van der Waals surface area contributed by atoms with E-state index in [2.05, 4.69) is 15.6 Å². The largest absolute Gasteiger partial charge is 0.416 e. The molecule has 0 radical (unpaired) electrons. The summed E-state index contributed by atoms with van der Waals surface area (Å²) in [6.45, 7) is 0.985. The first-order chi connectivity index (χ1) is 26.3. The van der Waals surface area contributed by atoms with Crippen molar-refractivity contribution in [2.45, 2.75) is 56.9 Å². The molecule has 1 heterocycles. The highest BCUT2D eigenvalue weighted by Gasteiger charge is 2.49. The standard InChI is InChI=1S/C43H36F6N4O2/c1-27-17-22-36-38(37(27)52-39(54)33-14-4-3-11-30(33)28-18-20-29(21-19-28)43(47,48)49)51-26-53(36)24-10-2-9-23-41(40(55)50-25-42(44,45)46)34-15-7-5-12-31(34)32-13-6-8-16-35(32)41/h3-8,11-22,26H,2,9-10,23-25H2,1H3,(H,50,55)(H,52,54). The number of hydrogen-bond acceptors (Lipinski definition) is 3. The van der Waals surface area contributed by atoms with Gasteiger partial charge in [-0.3, -0.25) is 9.59 Å². The number of nitrogens with one attached hydrogen (secondary N) is 2. The number of benzene rings is 5. The Kier molecular flexibility index (Phi) is 10.0. The van der Waals surface area contributed by atoms with Gasteiger partial charge in [0.05, 0.1) is 23.1 Å². The molecule has 55 heavy (non-hydrogen) atoms. The van der Waals surface area contributed by atoms with Gasteiger partial charge in [-0.05, 0) is 83.0 Å². The lowest BCUT2D eigenvalue weighted by Crippen LogP contribution is -2.47. The molecule has 12 heteroatoms. The summed E-state index contributed by atoms with van der Waals surface area (Å²) in [5.74, 6) is -1.11. The summed E-state index contributed by atoms with van der Waals surface area (Å²) in [4.78, 5) is 32.1. The Morgan fingerprint density at radius 2 is 1.35 bits per heavy atom. The van der Waals surface area contributed by atoms with Crippen molar-refractivity contribution in [3.05, 3.63) is 143 Å². The van der Waals surface area contributed by atoms with E-state index in [1.54, 1.807) is 42.7 Å². The van der Waals surface area contributed by atoms with Crippen LogP contribution >= 0.6 is 0 Å². The normalized spacial score (nSPS) is 13.4. The monoisotopic (exact) mass is 754 g/mol. The van der Waals surface area contributed by atoms with Crippen molar-refractivity contribution >= 4 is 28.5 Å². The summed E-state index contributed by atoms with van der Waals surface area (Å²) in [6.07, 6.45) is -5.10. The van der Waals surface area contributed by atoms with Gasteiger partial charge in [0.25, 0.3) is 5.91 Å². The Morgan fingerprint density at radius 3 is 1.98 bits per heavy atom. The van der Waals surface area contributed by atoms with Crippen LogP contribution < -0.4 is 10.6 Å². The van der Waals surface area contributed by atoms with Crippen molar-refractivity contribution in [2.24, 2.45) is 0 Å². The zero-order chi connectivity index (χ0) is 39.0. The number of unbranched alkanes of at least 4 members (excludes halogenated alkanes) is 2. The van der Waals surface area contributed by atoms with Crippen molar-refractivity contribution < 1.29 is 35.9 Å². The molecule has 0 saturated heterocycles. The maximum absolute atomic E-state index is 13.8. The lowest BCUT2D eigenvalue weighted by molar-refractivity contribution is -0.141. The van der Waals surface area contributed by atoms with E-state index in [9.17, 15) is 35.9 Å². The maximum atomic E-state index is 13.8. The van der Waals surface area contributed by atoms with Gasteiger partial charge in [0.2, 0.25) is 5.91 Å². The van der Waals surface area contributed by atoms with Gasteiger partial charge in [0, 0.05) is 12.1 Å².